The molecule has 1 N–H and O–H groups in total. The number of ketones is 1. The summed E-state index contributed by atoms with van der Waals surface area (Å²) in [6.45, 7) is 5.12. The molecule has 1 aliphatic heterocycles. The first-order chi connectivity index (χ1) is 21.1. The monoisotopic (exact) mass is 613 g/mol. The van der Waals surface area contributed by atoms with E-state index in [0.29, 0.717) is 17.7 Å². The van der Waals surface area contributed by atoms with E-state index in [1.54, 1.807) is 59.8 Å². The number of carbonyl (C=O) groups excluding carboxylic acids is 2. The average molecular weight is 614 g/mol. The van der Waals surface area contributed by atoms with Crippen molar-refractivity contribution in [2.24, 2.45) is 35.0 Å². The largest absolute Gasteiger partial charge is 0.497 e. The summed E-state index contributed by atoms with van der Waals surface area (Å²) in [6.07, 6.45) is 1.02. The van der Waals surface area contributed by atoms with Crippen molar-refractivity contribution < 1.29 is 43.1 Å². The maximum Gasteiger partial charge on any atom is 0.303 e. The maximum absolute atomic E-state index is 14.8. The number of hydrogen-bond donors (Lipinski definition) is 1. The topological polar surface area (TPSA) is 113 Å². The van der Waals surface area contributed by atoms with E-state index in [-0.39, 0.29) is 48.2 Å². The van der Waals surface area contributed by atoms with Gasteiger partial charge in [-0.05, 0) is 56.0 Å². The minimum atomic E-state index is -1.47. The van der Waals surface area contributed by atoms with E-state index in [2.05, 4.69) is 11.8 Å². The number of methoxy groups -OCH3 is 5. The van der Waals surface area contributed by atoms with E-state index < -0.39 is 46.1 Å². The zero-order valence-corrected chi connectivity index (χ0v) is 26.9. The van der Waals surface area contributed by atoms with Crippen LogP contribution in [0.25, 0.3) is 0 Å². The summed E-state index contributed by atoms with van der Waals surface area (Å²) in [5.41, 5.74) is -3.12. The van der Waals surface area contributed by atoms with Crippen LogP contribution in [0, 0.1) is 35.0 Å². The molecule has 1 saturated heterocycles. The number of rotatable bonds is 9. The van der Waals surface area contributed by atoms with Crippen LogP contribution in [0.4, 0.5) is 0 Å². The maximum atomic E-state index is 14.8. The summed E-state index contributed by atoms with van der Waals surface area (Å²) in [4.78, 5) is 30.5. The van der Waals surface area contributed by atoms with Crippen molar-refractivity contribution in [3.63, 3.8) is 0 Å². The third-order valence-electron chi connectivity index (χ3n) is 13.2. The van der Waals surface area contributed by atoms with Crippen molar-refractivity contribution >= 4 is 11.8 Å². The normalized spacial score (nSPS) is 48.2. The van der Waals surface area contributed by atoms with Crippen LogP contribution in [0.3, 0.4) is 0 Å². The Morgan fingerprint density at radius 1 is 0.977 bits per heavy atom. The van der Waals surface area contributed by atoms with Gasteiger partial charge in [0.25, 0.3) is 0 Å². The molecule has 0 amide bonds. The lowest BCUT2D eigenvalue weighted by Gasteiger charge is -2.69. The highest BCUT2D eigenvalue weighted by molar-refractivity contribution is 5.99. The Morgan fingerprint density at radius 2 is 1.68 bits per heavy atom. The van der Waals surface area contributed by atoms with Crippen molar-refractivity contribution in [1.82, 2.24) is 4.90 Å². The number of ether oxygens (including phenoxy) is 6. The van der Waals surface area contributed by atoms with E-state index in [1.165, 1.54) is 6.92 Å². The first kappa shape index (κ1) is 30.6. The van der Waals surface area contributed by atoms with Crippen LogP contribution in [0.2, 0.25) is 0 Å². The summed E-state index contributed by atoms with van der Waals surface area (Å²) in [5, 5.41) is 12.9. The van der Waals surface area contributed by atoms with Gasteiger partial charge in [-0.25, -0.2) is 0 Å². The van der Waals surface area contributed by atoms with Crippen LogP contribution >= 0.6 is 0 Å². The fraction of sp³-hybridized carbons (Fsp3) is 0.765. The van der Waals surface area contributed by atoms with Gasteiger partial charge in [-0.1, -0.05) is 6.92 Å². The average Bonchev–Trinajstić information content (AvgIpc) is 3.42. The first-order valence-corrected chi connectivity index (χ1v) is 16.1. The molecule has 5 saturated carbocycles. The summed E-state index contributed by atoms with van der Waals surface area (Å²) in [7, 11) is 8.50. The van der Waals surface area contributed by atoms with Gasteiger partial charge in [0.1, 0.15) is 17.0 Å². The minimum Gasteiger partial charge on any atom is -0.497 e. The number of Topliss-reactive ketones (excluding diaryl/α,β-unsaturated/α-hetero) is 1. The van der Waals surface area contributed by atoms with Crippen LogP contribution in [-0.4, -0.2) is 112 Å². The van der Waals surface area contributed by atoms with Gasteiger partial charge in [-0.15, -0.1) is 0 Å². The SMILES string of the molecule is CCN1C[C@]2(OC)CC[C@H](OC)C34C1C([C@H](OC)C32)[C@@]1(OC(C)=O)C[C@H](OC)[C@@]2(O)C[C@@H]4C1[C@H]2C(=O)c1ccc(OC)cc1. The Labute approximate surface area is 259 Å². The molecule has 0 aromatic heterocycles. The second kappa shape index (κ2) is 10.2. The Morgan fingerprint density at radius 3 is 2.25 bits per heavy atom. The summed E-state index contributed by atoms with van der Waals surface area (Å²) in [5.74, 6) is -1.86. The number of aliphatic hydroxyl groups is 1. The number of fused-ring (bicyclic) bond motifs is 2. The zero-order valence-electron chi connectivity index (χ0n) is 26.9. The van der Waals surface area contributed by atoms with Gasteiger partial charge in [0.15, 0.2) is 5.78 Å². The predicted molar refractivity (Wildman–Crippen MR) is 158 cm³/mol. The van der Waals surface area contributed by atoms with Gasteiger partial charge in [-0.3, -0.25) is 14.5 Å². The zero-order chi connectivity index (χ0) is 31.4. The van der Waals surface area contributed by atoms with Gasteiger partial charge < -0.3 is 33.5 Å². The number of likely N-dealkylation sites (tertiary alicyclic amines) is 1. The molecule has 7 bridgehead atoms. The Balaban J connectivity index is 1.52. The number of piperidine rings is 1. The van der Waals surface area contributed by atoms with E-state index in [4.69, 9.17) is 28.4 Å². The van der Waals surface area contributed by atoms with Crippen molar-refractivity contribution in [3.8, 4) is 5.75 Å². The van der Waals surface area contributed by atoms with Gasteiger partial charge in [0.2, 0.25) is 0 Å². The second-order valence-electron chi connectivity index (χ2n) is 14.1. The number of likely N-dealkylation sites (N-methyl/N-ethyl adjacent to an activating group) is 1. The molecule has 242 valence electrons. The molecule has 10 nitrogen and oxygen atoms in total. The number of carbonyl (C=O) groups is 2. The molecule has 13 atom stereocenters. The van der Waals surface area contributed by atoms with Crippen molar-refractivity contribution in [3.05, 3.63) is 29.8 Å². The summed E-state index contributed by atoms with van der Waals surface area (Å²) < 4.78 is 37.7. The molecule has 7 rings (SSSR count). The van der Waals surface area contributed by atoms with Gasteiger partial charge >= 0.3 is 5.97 Å². The molecule has 1 aromatic carbocycles. The fourth-order valence-electron chi connectivity index (χ4n) is 12.3. The Bertz CT molecular complexity index is 1320. The molecular weight excluding hydrogens is 566 g/mol. The lowest BCUT2D eigenvalue weighted by atomic mass is 9.44. The van der Waals surface area contributed by atoms with Gasteiger partial charge in [0.05, 0.1) is 36.9 Å². The second-order valence-corrected chi connectivity index (χ2v) is 14.1. The third kappa shape index (κ3) is 3.42. The van der Waals surface area contributed by atoms with Crippen molar-refractivity contribution in [1.29, 1.82) is 0 Å². The highest BCUT2D eigenvalue weighted by Gasteiger charge is 2.90. The molecule has 6 aliphatic rings. The molecular formula is C34H47NO9. The van der Waals surface area contributed by atoms with Crippen molar-refractivity contribution in [2.45, 2.75) is 80.7 Å². The molecule has 1 aromatic rings. The lowest BCUT2D eigenvalue weighted by Crippen LogP contribution is -2.78. The van der Waals surface area contributed by atoms with E-state index in [9.17, 15) is 14.7 Å². The van der Waals surface area contributed by atoms with E-state index in [0.717, 1.165) is 25.9 Å². The third-order valence-corrected chi connectivity index (χ3v) is 13.2. The van der Waals surface area contributed by atoms with E-state index >= 15 is 0 Å². The smallest absolute Gasteiger partial charge is 0.303 e. The highest BCUT2D eigenvalue weighted by atomic mass is 16.6. The van der Waals surface area contributed by atoms with Gasteiger partial charge in [-0.2, -0.15) is 0 Å². The van der Waals surface area contributed by atoms with Crippen LogP contribution in [0.5, 0.6) is 5.75 Å². The summed E-state index contributed by atoms with van der Waals surface area (Å²) in [6, 6.07) is 6.97. The molecule has 5 unspecified atom stereocenters. The lowest BCUT2D eigenvalue weighted by molar-refractivity contribution is -0.287. The molecule has 1 spiro atoms. The van der Waals surface area contributed by atoms with Gasteiger partial charge in [0, 0.05) is 83.1 Å². The van der Waals surface area contributed by atoms with Crippen LogP contribution < -0.4 is 4.74 Å². The minimum absolute atomic E-state index is 0.0636. The standard InChI is InChI=1S/C34H47NO9/c1-8-35-17-31(43-7)14-13-22(40-4)34-21-15-32(38)23(41-5)16-33(44-18(2)36,26(30(34)35)28(42-6)29(31)34)24(21)25(32)27(37)19-9-11-20(39-3)12-10-19/h9-12,21-26,28-30,38H,8,13-17H2,1-7H3/t21-,22+,23+,24?,25+,26?,28+,29?,30?,31-,32+,33-,34?/m1/s1. The van der Waals surface area contributed by atoms with Crippen LogP contribution in [0.1, 0.15) is 49.9 Å². The van der Waals surface area contributed by atoms with Crippen molar-refractivity contribution in [2.75, 3.05) is 48.6 Å². The molecule has 10 heteroatoms. The Hall–Kier alpha value is -2.08. The predicted octanol–water partition coefficient (Wildman–Crippen LogP) is 2.74. The Kier molecular flexibility index (Phi) is 7.09. The number of hydrogen-bond acceptors (Lipinski definition) is 10. The number of nitrogens with zero attached hydrogens (tertiary/aromatic N) is 1. The quantitative estimate of drug-likeness (QED) is 0.330. The van der Waals surface area contributed by atoms with E-state index in [1.807, 2.05) is 0 Å². The first-order valence-electron chi connectivity index (χ1n) is 16.1. The molecule has 5 aliphatic carbocycles. The van der Waals surface area contributed by atoms with Crippen LogP contribution in [0.15, 0.2) is 24.3 Å². The molecule has 44 heavy (non-hydrogen) atoms. The van der Waals surface area contributed by atoms with Crippen LogP contribution in [-0.2, 0) is 28.5 Å². The summed E-state index contributed by atoms with van der Waals surface area (Å²) >= 11 is 0. The highest BCUT2D eigenvalue weighted by Crippen LogP contribution is 2.80. The molecule has 6 fully saturated rings. The number of esters is 1. The molecule has 1 heterocycles. The fourth-order valence-corrected chi connectivity index (χ4v) is 12.3. The number of benzene rings is 1. The molecule has 0 radical (unpaired) electrons.